The SMILES string of the molecule is CC(C)(C)/C=C/c1ccc(C(=O)Nc2ccc3[nH]ccc3c2)cc1.CC(C)(C)/C=C/c1ccc(C(=O)Nc2ccc3c(c2)OCCO3)cc1.CC(C)(C)/C=C/c1ccc(C(=O)Nc2ccc3c(c2)OCO3)cc1.CC(C)(C)/C=C/c1ccc(C(=O)Nc2ccc3ncccc3c2)cc1.CC(C)/C=C/c1ccc(C(=O)Nc2ccc3[nH]ccc3c2)cc1.CC(C)/C=C/c1ccc(C(=O)Nc2ccc3c(c2)OCO3)cc1. The second kappa shape index (κ2) is 48.9. The van der Waals surface area contributed by atoms with Crippen LogP contribution in [0, 0.1) is 33.5 Å². The van der Waals surface area contributed by atoms with Gasteiger partial charge in [0.05, 0.1) is 5.52 Å². The molecule has 6 amide bonds. The summed E-state index contributed by atoms with van der Waals surface area (Å²) in [7, 11) is 0. The van der Waals surface area contributed by atoms with Gasteiger partial charge in [-0.15, -0.1) is 0 Å². The lowest BCUT2D eigenvalue weighted by Crippen LogP contribution is -2.16. The van der Waals surface area contributed by atoms with E-state index < -0.39 is 0 Å². The first-order chi connectivity index (χ1) is 68.8. The lowest BCUT2D eigenvalue weighted by atomic mass is 9.95. The number of fused-ring (bicyclic) bond motifs is 6. The molecule has 6 heterocycles. The Morgan fingerprint density at radius 3 is 0.826 bits per heavy atom. The van der Waals surface area contributed by atoms with Gasteiger partial charge in [-0.3, -0.25) is 33.8 Å². The maximum atomic E-state index is 12.4. The number of carbonyl (C=O) groups is 6. The van der Waals surface area contributed by atoms with Crippen LogP contribution in [0.2, 0.25) is 0 Å². The highest BCUT2D eigenvalue weighted by molar-refractivity contribution is 6.09. The van der Waals surface area contributed by atoms with Crippen molar-refractivity contribution in [3.8, 4) is 34.5 Å². The maximum Gasteiger partial charge on any atom is 0.255 e. The van der Waals surface area contributed by atoms with Crippen LogP contribution in [0.25, 0.3) is 69.2 Å². The summed E-state index contributed by atoms with van der Waals surface area (Å²) in [5.74, 6) is 4.31. The Balaban J connectivity index is 0.000000145. The van der Waals surface area contributed by atoms with E-state index in [0.717, 1.165) is 83.2 Å². The molecule has 0 saturated heterocycles. The molecule has 736 valence electrons. The molecule has 3 aromatic heterocycles. The number of amides is 6. The molecule has 12 aromatic carbocycles. The predicted octanol–water partition coefficient (Wildman–Crippen LogP) is 29.9. The summed E-state index contributed by atoms with van der Waals surface area (Å²) in [5, 5.41) is 20.6. The van der Waals surface area contributed by atoms with E-state index in [1.165, 1.54) is 0 Å². The van der Waals surface area contributed by atoms with E-state index >= 15 is 0 Å². The quantitative estimate of drug-likeness (QED) is 0.0353. The topological polar surface area (TPSA) is 274 Å². The summed E-state index contributed by atoms with van der Waals surface area (Å²) in [6.45, 7) is 35.9. The molecule has 144 heavy (non-hydrogen) atoms. The van der Waals surface area contributed by atoms with Crippen molar-refractivity contribution in [2.24, 2.45) is 33.5 Å². The van der Waals surface area contributed by atoms with Crippen LogP contribution in [0.15, 0.2) is 334 Å². The van der Waals surface area contributed by atoms with Crippen molar-refractivity contribution < 1.29 is 57.2 Å². The molecule has 0 saturated carbocycles. The van der Waals surface area contributed by atoms with Crippen molar-refractivity contribution in [3.63, 3.8) is 0 Å². The summed E-state index contributed by atoms with van der Waals surface area (Å²) in [5.41, 5.74) is 18.3. The third kappa shape index (κ3) is 33.2. The number of carbonyl (C=O) groups excluding carboxylic acids is 6. The van der Waals surface area contributed by atoms with E-state index in [9.17, 15) is 28.8 Å². The molecule has 3 aliphatic heterocycles. The molecular weight excluding hydrogens is 1800 g/mol. The van der Waals surface area contributed by atoms with Crippen LogP contribution in [-0.2, 0) is 0 Å². The fourth-order valence-corrected chi connectivity index (χ4v) is 14.2. The lowest BCUT2D eigenvalue weighted by Gasteiger charge is -2.19. The highest BCUT2D eigenvalue weighted by Crippen LogP contribution is 2.38. The zero-order valence-corrected chi connectivity index (χ0v) is 84.5. The number of benzene rings is 12. The number of nitrogens with zero attached hydrogens (tertiary/aromatic N) is 1. The van der Waals surface area contributed by atoms with Gasteiger partial charge in [0.1, 0.15) is 13.2 Å². The van der Waals surface area contributed by atoms with Crippen LogP contribution >= 0.6 is 0 Å². The molecule has 0 fully saturated rings. The van der Waals surface area contributed by atoms with Gasteiger partial charge in [-0.05, 0) is 249 Å². The van der Waals surface area contributed by atoms with Gasteiger partial charge in [0.15, 0.2) is 34.5 Å². The van der Waals surface area contributed by atoms with Crippen molar-refractivity contribution >= 4 is 139 Å². The fraction of sp³-hybridized carbons (Fsp3) is 0.211. The zero-order chi connectivity index (χ0) is 103. The number of pyridine rings is 1. The molecule has 0 bridgehead atoms. The van der Waals surface area contributed by atoms with Gasteiger partial charge >= 0.3 is 0 Å². The van der Waals surface area contributed by atoms with Crippen LogP contribution in [0.5, 0.6) is 34.5 Å². The largest absolute Gasteiger partial charge is 0.486 e. The normalized spacial score (nSPS) is 12.5. The van der Waals surface area contributed by atoms with Gasteiger partial charge in [0.2, 0.25) is 13.6 Å². The van der Waals surface area contributed by atoms with Crippen molar-refractivity contribution in [1.82, 2.24) is 15.0 Å². The minimum Gasteiger partial charge on any atom is -0.486 e. The van der Waals surface area contributed by atoms with Gasteiger partial charge in [0.25, 0.3) is 35.4 Å². The van der Waals surface area contributed by atoms with Gasteiger partial charge in [-0.1, -0.05) is 263 Å². The number of aromatic nitrogens is 3. The van der Waals surface area contributed by atoms with Crippen molar-refractivity contribution in [1.29, 1.82) is 0 Å². The summed E-state index contributed by atoms with van der Waals surface area (Å²) in [6, 6.07) is 86.8. The molecule has 0 radical (unpaired) electrons. The molecule has 0 unspecified atom stereocenters. The Bertz CT molecular complexity index is 7140. The molecule has 0 aliphatic carbocycles. The van der Waals surface area contributed by atoms with Crippen LogP contribution in [0.3, 0.4) is 0 Å². The Hall–Kier alpha value is -16.8. The number of rotatable bonds is 20. The van der Waals surface area contributed by atoms with Gasteiger partial charge in [-0.25, -0.2) is 0 Å². The van der Waals surface area contributed by atoms with E-state index in [1.807, 2.05) is 249 Å². The molecule has 3 aliphatic rings. The first-order valence-electron chi connectivity index (χ1n) is 48.2. The minimum atomic E-state index is -0.153. The monoisotopic (exact) mass is 1920 g/mol. The average Bonchev–Trinajstić information content (AvgIpc) is 1.68. The molecule has 15 aromatic rings. The van der Waals surface area contributed by atoms with E-state index in [0.29, 0.717) is 110 Å². The third-order valence-electron chi connectivity index (χ3n) is 22.0. The lowest BCUT2D eigenvalue weighted by molar-refractivity contribution is 0.101. The van der Waals surface area contributed by atoms with Crippen molar-refractivity contribution in [3.05, 3.63) is 401 Å². The van der Waals surface area contributed by atoms with E-state index in [1.54, 1.807) is 48.7 Å². The number of nitrogens with one attached hydrogen (secondary N) is 8. The highest BCUT2D eigenvalue weighted by atomic mass is 16.7. The van der Waals surface area contributed by atoms with Crippen molar-refractivity contribution in [2.75, 3.05) is 58.7 Å². The zero-order valence-electron chi connectivity index (χ0n) is 84.5. The summed E-state index contributed by atoms with van der Waals surface area (Å²) >= 11 is 0. The number of aromatic amines is 2. The second-order valence-electron chi connectivity index (χ2n) is 39.9. The predicted molar refractivity (Wildman–Crippen MR) is 589 cm³/mol. The first-order valence-corrected chi connectivity index (χ1v) is 48.2. The van der Waals surface area contributed by atoms with Crippen LogP contribution in [0.4, 0.5) is 34.1 Å². The van der Waals surface area contributed by atoms with Crippen molar-refractivity contribution in [2.45, 2.75) is 111 Å². The molecule has 0 atom stereocenters. The molecule has 0 spiro atoms. The molecule has 21 nitrogen and oxygen atoms in total. The van der Waals surface area contributed by atoms with Crippen LogP contribution < -0.4 is 60.3 Å². The average molecular weight is 1920 g/mol. The van der Waals surface area contributed by atoms with Gasteiger partial charge in [-0.2, -0.15) is 0 Å². The number of H-pyrrole nitrogens is 2. The Labute approximate surface area is 844 Å². The summed E-state index contributed by atoms with van der Waals surface area (Å²) in [6.07, 6.45) is 30.9. The second-order valence-corrected chi connectivity index (χ2v) is 39.9. The van der Waals surface area contributed by atoms with Gasteiger partial charge < -0.3 is 70.3 Å². The summed E-state index contributed by atoms with van der Waals surface area (Å²) < 4.78 is 32.2. The number of ether oxygens (including phenoxy) is 6. The molecular formula is C123H127N9O12. The number of hydrogen-bond donors (Lipinski definition) is 8. The molecule has 18 rings (SSSR count). The Morgan fingerprint density at radius 1 is 0.278 bits per heavy atom. The number of anilines is 6. The number of allylic oxidation sites excluding steroid dienone is 6. The van der Waals surface area contributed by atoms with E-state index in [4.69, 9.17) is 28.4 Å². The minimum absolute atomic E-state index is 0.0979. The van der Waals surface area contributed by atoms with E-state index in [2.05, 4.69) is 231 Å². The van der Waals surface area contributed by atoms with Gasteiger partial charge in [0, 0.05) is 131 Å². The summed E-state index contributed by atoms with van der Waals surface area (Å²) in [4.78, 5) is 84.7. The first kappa shape index (κ1) is 105. The van der Waals surface area contributed by atoms with Crippen LogP contribution in [0.1, 0.15) is 206 Å². The highest BCUT2D eigenvalue weighted by Gasteiger charge is 2.21. The third-order valence-corrected chi connectivity index (χ3v) is 22.0. The maximum absolute atomic E-state index is 12.4. The Kier molecular flexibility index (Phi) is 35.5. The van der Waals surface area contributed by atoms with Crippen LogP contribution in [-0.4, -0.2) is 77.2 Å². The molecule has 8 N–H and O–H groups in total. The molecule has 21 heteroatoms. The smallest absolute Gasteiger partial charge is 0.255 e. The standard InChI is InChI=1S/C22H22N2O.C21H22N2O.C21H23NO3.C20H20N2O.C20H21NO3.C19H19NO3/c1-22(2,3)13-12-16-6-8-17(9-7-16)21(25)24-19-10-11-20-18(15-19)5-4-14-23-20;1-21(2,3)12-10-15-4-6-16(7-5-15)20(24)23-18-8-9-19-17(14-18)11-13-22-19;1-21(2,3)11-10-15-4-6-16(7-5-15)20(23)22-17-8-9-18-19(14-17)25-13-12-24-18;1-14(2)3-4-15-5-7-16(8-6-15)20(23)22-18-9-10-19-17(13-18)11-12-21-19;1-20(2,3)11-10-14-4-6-15(7-5-14)19(22)21-16-8-9-17-18(12-16)24-13-23-17;1-13(2)3-4-14-5-7-15(8-6-14)19(21)20-16-9-10-17-18(11-16)23-12-22-17/h4-15H,1-3H3,(H,24,25);4-14,22H,1-3H3,(H,23,24);4-11,14H,12-13H2,1-3H3,(H,22,23);3-14,21H,1-2H3,(H,22,23);4-12H,13H2,1-3H3,(H,21,22);3-11,13H,12H2,1-2H3,(H,20,21)/b13-12+;12-10+;11-10+;4-3+;11-10+;4-3+. The number of hydrogen-bond acceptors (Lipinski definition) is 13. The van der Waals surface area contributed by atoms with E-state index in [-0.39, 0.29) is 70.7 Å². The Morgan fingerprint density at radius 2 is 0.528 bits per heavy atom. The fourth-order valence-electron chi connectivity index (χ4n) is 14.2.